The van der Waals surface area contributed by atoms with E-state index in [0.29, 0.717) is 0 Å². The largest absolute Gasteiger partial charge is 0.417 e. The van der Waals surface area contributed by atoms with Gasteiger partial charge in [0.1, 0.15) is 0 Å². The number of aryl methyl sites for hydroxylation is 1. The Kier molecular flexibility index (Phi) is 5.32. The minimum absolute atomic E-state index is 0.0746. The van der Waals surface area contributed by atoms with Crippen molar-refractivity contribution in [1.82, 2.24) is 4.72 Å². The van der Waals surface area contributed by atoms with Gasteiger partial charge in [0, 0.05) is 5.56 Å². The van der Waals surface area contributed by atoms with Gasteiger partial charge in [0.2, 0.25) is 10.0 Å². The molecule has 0 saturated carbocycles. The van der Waals surface area contributed by atoms with Crippen LogP contribution in [0.5, 0.6) is 0 Å². The molecule has 1 N–H and O–H groups in total. The van der Waals surface area contributed by atoms with Crippen molar-refractivity contribution in [3.8, 4) is 11.8 Å². The van der Waals surface area contributed by atoms with Crippen LogP contribution in [0.4, 0.5) is 13.2 Å². The molecule has 0 spiro atoms. The Bertz CT molecular complexity index is 877. The number of hydrogen-bond donors (Lipinski definition) is 1. The van der Waals surface area contributed by atoms with Crippen LogP contribution >= 0.6 is 0 Å². The molecule has 2 aromatic rings. The Hall–Kier alpha value is -2.30. The standard InChI is InChI=1S/C17H14F3NO2S/c1-13-8-10-15(11-9-13)24(22,23)21-12-4-6-14-5-2-3-7-16(14)17(18,19)20/h2-3,5,7-11,21H,12H2,1H3. The summed E-state index contributed by atoms with van der Waals surface area (Å²) in [6.45, 7) is 1.54. The Morgan fingerprint density at radius 3 is 2.29 bits per heavy atom. The van der Waals surface area contributed by atoms with Gasteiger partial charge in [-0.15, -0.1) is 0 Å². The lowest BCUT2D eigenvalue weighted by molar-refractivity contribution is -0.137. The molecule has 24 heavy (non-hydrogen) atoms. The van der Waals surface area contributed by atoms with Crippen molar-refractivity contribution in [1.29, 1.82) is 0 Å². The third-order valence-corrected chi connectivity index (χ3v) is 4.55. The molecule has 0 unspecified atom stereocenters. The molecule has 0 radical (unpaired) electrons. The summed E-state index contributed by atoms with van der Waals surface area (Å²) in [5, 5.41) is 0. The third-order valence-electron chi connectivity index (χ3n) is 3.14. The van der Waals surface area contributed by atoms with E-state index in [1.165, 1.54) is 30.3 Å². The summed E-state index contributed by atoms with van der Waals surface area (Å²) in [7, 11) is -3.74. The second-order valence-corrected chi connectivity index (χ2v) is 6.75. The Labute approximate surface area is 138 Å². The number of hydrogen-bond acceptors (Lipinski definition) is 2. The van der Waals surface area contributed by atoms with Crippen molar-refractivity contribution in [2.24, 2.45) is 0 Å². The van der Waals surface area contributed by atoms with Crippen molar-refractivity contribution in [3.63, 3.8) is 0 Å². The molecule has 0 aliphatic rings. The fourth-order valence-electron chi connectivity index (χ4n) is 1.91. The normalized spacial score (nSPS) is 11.7. The van der Waals surface area contributed by atoms with Gasteiger partial charge in [0.25, 0.3) is 0 Å². The van der Waals surface area contributed by atoms with E-state index in [9.17, 15) is 21.6 Å². The third kappa shape index (κ3) is 4.60. The maximum atomic E-state index is 12.8. The molecule has 3 nitrogen and oxygen atoms in total. The molecule has 0 heterocycles. The molecule has 0 aliphatic heterocycles. The molecule has 126 valence electrons. The molecular weight excluding hydrogens is 339 g/mol. The van der Waals surface area contributed by atoms with Gasteiger partial charge in [-0.05, 0) is 31.2 Å². The van der Waals surface area contributed by atoms with E-state index in [-0.39, 0.29) is 17.0 Å². The zero-order chi connectivity index (χ0) is 17.8. The molecular formula is C17H14F3NO2S. The number of sulfonamides is 1. The highest BCUT2D eigenvalue weighted by molar-refractivity contribution is 7.89. The first-order chi connectivity index (χ1) is 11.2. The minimum Gasteiger partial charge on any atom is -0.207 e. The number of rotatable bonds is 3. The molecule has 0 fully saturated rings. The van der Waals surface area contributed by atoms with Gasteiger partial charge in [-0.2, -0.15) is 17.9 Å². The molecule has 0 saturated heterocycles. The van der Waals surface area contributed by atoms with E-state index in [1.807, 2.05) is 6.92 Å². The first kappa shape index (κ1) is 18.0. The van der Waals surface area contributed by atoms with Crippen LogP contribution in [0, 0.1) is 18.8 Å². The molecule has 0 bridgehead atoms. The Morgan fingerprint density at radius 1 is 1.04 bits per heavy atom. The SMILES string of the molecule is Cc1ccc(S(=O)(=O)NCC#Cc2ccccc2C(F)(F)F)cc1. The van der Waals surface area contributed by atoms with Gasteiger partial charge in [0.05, 0.1) is 17.0 Å². The first-order valence-electron chi connectivity index (χ1n) is 6.91. The van der Waals surface area contributed by atoms with Crippen LogP contribution in [-0.2, 0) is 16.2 Å². The van der Waals surface area contributed by atoms with Gasteiger partial charge in [-0.1, -0.05) is 41.7 Å². The van der Waals surface area contributed by atoms with E-state index in [0.717, 1.165) is 11.6 Å². The van der Waals surface area contributed by atoms with Gasteiger partial charge < -0.3 is 0 Å². The fourth-order valence-corrected chi connectivity index (χ4v) is 2.83. The van der Waals surface area contributed by atoms with E-state index in [4.69, 9.17) is 0 Å². The zero-order valence-corrected chi connectivity index (χ0v) is 13.5. The quantitative estimate of drug-likeness (QED) is 0.861. The van der Waals surface area contributed by atoms with Crippen molar-refractivity contribution in [2.45, 2.75) is 18.0 Å². The maximum absolute atomic E-state index is 12.8. The highest BCUT2D eigenvalue weighted by Gasteiger charge is 2.32. The van der Waals surface area contributed by atoms with Crippen molar-refractivity contribution >= 4 is 10.0 Å². The highest BCUT2D eigenvalue weighted by atomic mass is 32.2. The van der Waals surface area contributed by atoms with Gasteiger partial charge >= 0.3 is 6.18 Å². The number of nitrogens with one attached hydrogen (secondary N) is 1. The maximum Gasteiger partial charge on any atom is 0.417 e. The summed E-state index contributed by atoms with van der Waals surface area (Å²) in [5.74, 6) is 4.77. The van der Waals surface area contributed by atoms with Crippen LogP contribution < -0.4 is 4.72 Å². The van der Waals surface area contributed by atoms with Crippen LogP contribution in [0.1, 0.15) is 16.7 Å². The second kappa shape index (κ2) is 7.07. The fraction of sp³-hybridized carbons (Fsp3) is 0.176. The topological polar surface area (TPSA) is 46.2 Å². The molecule has 2 aromatic carbocycles. The average molecular weight is 353 g/mol. The summed E-state index contributed by atoms with van der Waals surface area (Å²) >= 11 is 0. The van der Waals surface area contributed by atoms with Gasteiger partial charge in [-0.25, -0.2) is 8.42 Å². The molecule has 7 heteroatoms. The highest BCUT2D eigenvalue weighted by Crippen LogP contribution is 2.31. The lowest BCUT2D eigenvalue weighted by Gasteiger charge is -2.08. The van der Waals surface area contributed by atoms with Crippen molar-refractivity contribution in [3.05, 3.63) is 65.2 Å². The van der Waals surface area contributed by atoms with Crippen LogP contribution in [-0.4, -0.2) is 15.0 Å². The summed E-state index contributed by atoms with van der Waals surface area (Å²) in [6.07, 6.45) is -4.51. The molecule has 0 atom stereocenters. The monoisotopic (exact) mass is 353 g/mol. The van der Waals surface area contributed by atoms with Crippen LogP contribution in [0.2, 0.25) is 0 Å². The van der Waals surface area contributed by atoms with Gasteiger partial charge in [0.15, 0.2) is 0 Å². The Balaban J connectivity index is 2.11. The van der Waals surface area contributed by atoms with Crippen molar-refractivity contribution < 1.29 is 21.6 Å². The summed E-state index contributed by atoms with van der Waals surface area (Å²) in [6, 6.07) is 11.1. The molecule has 2 rings (SSSR count). The number of benzene rings is 2. The predicted octanol–water partition coefficient (Wildman–Crippen LogP) is 3.34. The Morgan fingerprint density at radius 2 is 1.67 bits per heavy atom. The van der Waals surface area contributed by atoms with E-state index in [2.05, 4.69) is 16.6 Å². The van der Waals surface area contributed by atoms with E-state index < -0.39 is 21.8 Å². The summed E-state index contributed by atoms with van der Waals surface area (Å²) in [5.41, 5.74) is -0.129. The number of halogens is 3. The second-order valence-electron chi connectivity index (χ2n) is 4.98. The predicted molar refractivity (Wildman–Crippen MR) is 84.7 cm³/mol. The lowest BCUT2D eigenvalue weighted by Crippen LogP contribution is -2.24. The average Bonchev–Trinajstić information content (AvgIpc) is 2.51. The summed E-state index contributed by atoms with van der Waals surface area (Å²) < 4.78 is 64.7. The molecule has 0 aromatic heterocycles. The van der Waals surface area contributed by atoms with E-state index in [1.54, 1.807) is 12.1 Å². The lowest BCUT2D eigenvalue weighted by atomic mass is 10.1. The molecule has 0 amide bonds. The van der Waals surface area contributed by atoms with Crippen molar-refractivity contribution in [2.75, 3.05) is 6.54 Å². The van der Waals surface area contributed by atoms with E-state index >= 15 is 0 Å². The smallest absolute Gasteiger partial charge is 0.207 e. The first-order valence-corrected chi connectivity index (χ1v) is 8.40. The molecule has 0 aliphatic carbocycles. The summed E-state index contributed by atoms with van der Waals surface area (Å²) in [4.78, 5) is 0.0746. The van der Waals surface area contributed by atoms with Crippen LogP contribution in [0.3, 0.4) is 0 Å². The number of alkyl halides is 3. The van der Waals surface area contributed by atoms with Crippen LogP contribution in [0.25, 0.3) is 0 Å². The van der Waals surface area contributed by atoms with Gasteiger partial charge in [-0.3, -0.25) is 0 Å². The van der Waals surface area contributed by atoms with Crippen LogP contribution in [0.15, 0.2) is 53.4 Å². The zero-order valence-electron chi connectivity index (χ0n) is 12.7. The minimum atomic E-state index is -4.51.